The molecule has 0 heterocycles. The lowest BCUT2D eigenvalue weighted by Crippen LogP contribution is -2.31. The molecule has 1 aromatic carbocycles. The van der Waals surface area contributed by atoms with Crippen LogP contribution in [0.1, 0.15) is 43.4 Å². The molecule has 20 heavy (non-hydrogen) atoms. The molecule has 0 aliphatic heterocycles. The summed E-state index contributed by atoms with van der Waals surface area (Å²) in [5.74, 6) is -0.278. The molecule has 4 atom stereocenters. The van der Waals surface area contributed by atoms with Gasteiger partial charge in [0.05, 0.1) is 18.8 Å². The van der Waals surface area contributed by atoms with Crippen LogP contribution in [0.4, 0.5) is 0 Å². The van der Waals surface area contributed by atoms with E-state index in [1.54, 1.807) is 13.0 Å². The molecule has 0 amide bonds. The summed E-state index contributed by atoms with van der Waals surface area (Å²) >= 11 is 0. The molecule has 0 spiro atoms. The van der Waals surface area contributed by atoms with Crippen molar-refractivity contribution in [1.82, 2.24) is 0 Å². The highest BCUT2D eigenvalue weighted by Gasteiger charge is 2.26. The largest absolute Gasteiger partial charge is 0.393 e. The number of rotatable bonds is 6. The first-order chi connectivity index (χ1) is 9.38. The monoisotopic (exact) mass is 278 g/mol. The van der Waals surface area contributed by atoms with Crippen molar-refractivity contribution in [3.63, 3.8) is 0 Å². The third-order valence-electron chi connectivity index (χ3n) is 3.95. The Balaban J connectivity index is 3.08. The molecular formula is C17H26O3. The van der Waals surface area contributed by atoms with Crippen LogP contribution >= 0.6 is 0 Å². The molecule has 1 aromatic rings. The fourth-order valence-electron chi connectivity index (χ4n) is 2.36. The van der Waals surface area contributed by atoms with Crippen molar-refractivity contribution < 1.29 is 15.3 Å². The first kappa shape index (κ1) is 16.9. The number of benzene rings is 1. The molecule has 3 nitrogen and oxygen atoms in total. The van der Waals surface area contributed by atoms with Gasteiger partial charge in [0, 0.05) is 11.8 Å². The first-order valence-corrected chi connectivity index (χ1v) is 7.12. The smallest absolute Gasteiger partial charge is 0.0656 e. The third-order valence-corrected chi connectivity index (χ3v) is 3.95. The molecule has 0 radical (unpaired) electrons. The van der Waals surface area contributed by atoms with Crippen LogP contribution in [0.3, 0.4) is 0 Å². The molecule has 0 saturated carbocycles. The number of hydrogen-bond donors (Lipinski definition) is 3. The zero-order valence-corrected chi connectivity index (χ0v) is 12.7. The minimum atomic E-state index is -0.612. The van der Waals surface area contributed by atoms with Gasteiger partial charge in [-0.2, -0.15) is 0 Å². The number of aliphatic hydroxyl groups is 3. The SMILES string of the molecule is Cc1ccc([C@H](C)[C@H](O)[C@@H](C)[C@H](C)O)c(/C=C/CO)c1. The van der Waals surface area contributed by atoms with Crippen LogP contribution in [0.25, 0.3) is 6.08 Å². The zero-order chi connectivity index (χ0) is 15.3. The maximum absolute atomic E-state index is 10.4. The predicted octanol–water partition coefficient (Wildman–Crippen LogP) is 2.48. The van der Waals surface area contributed by atoms with Gasteiger partial charge in [-0.15, -0.1) is 0 Å². The molecular weight excluding hydrogens is 252 g/mol. The van der Waals surface area contributed by atoms with Crippen molar-refractivity contribution in [1.29, 1.82) is 0 Å². The lowest BCUT2D eigenvalue weighted by molar-refractivity contribution is 0.0190. The predicted molar refractivity (Wildman–Crippen MR) is 82.6 cm³/mol. The molecule has 0 aliphatic carbocycles. The van der Waals surface area contributed by atoms with E-state index in [9.17, 15) is 10.2 Å². The molecule has 3 heteroatoms. The molecule has 0 aliphatic rings. The van der Waals surface area contributed by atoms with Gasteiger partial charge in [-0.25, -0.2) is 0 Å². The van der Waals surface area contributed by atoms with Gasteiger partial charge in [-0.05, 0) is 25.0 Å². The third kappa shape index (κ3) is 4.17. The number of aliphatic hydroxyl groups excluding tert-OH is 3. The fraction of sp³-hybridized carbons (Fsp3) is 0.529. The van der Waals surface area contributed by atoms with E-state index in [0.29, 0.717) is 0 Å². The molecule has 3 N–H and O–H groups in total. The van der Waals surface area contributed by atoms with Gasteiger partial charge in [-0.3, -0.25) is 0 Å². The molecule has 112 valence electrons. The van der Waals surface area contributed by atoms with Gasteiger partial charge >= 0.3 is 0 Å². The summed E-state index contributed by atoms with van der Waals surface area (Å²) in [6, 6.07) is 6.06. The highest BCUT2D eigenvalue weighted by molar-refractivity contribution is 5.56. The molecule has 0 bridgehead atoms. The molecule has 0 fully saturated rings. The van der Waals surface area contributed by atoms with E-state index in [-0.39, 0.29) is 18.4 Å². The Kier molecular flexibility index (Phi) is 6.40. The summed E-state index contributed by atoms with van der Waals surface area (Å²) in [4.78, 5) is 0. The highest BCUT2D eigenvalue weighted by atomic mass is 16.3. The summed E-state index contributed by atoms with van der Waals surface area (Å²) in [5.41, 5.74) is 3.17. The van der Waals surface area contributed by atoms with E-state index < -0.39 is 12.2 Å². The Morgan fingerprint density at radius 2 is 1.80 bits per heavy atom. The van der Waals surface area contributed by atoms with Gasteiger partial charge in [0.2, 0.25) is 0 Å². The number of aryl methyl sites for hydroxylation is 1. The van der Waals surface area contributed by atoms with E-state index in [1.165, 1.54) is 0 Å². The second-order valence-corrected chi connectivity index (χ2v) is 5.60. The van der Waals surface area contributed by atoms with Crippen LogP contribution in [0.2, 0.25) is 0 Å². The topological polar surface area (TPSA) is 60.7 Å². The summed E-state index contributed by atoms with van der Waals surface area (Å²) in [7, 11) is 0. The zero-order valence-electron chi connectivity index (χ0n) is 12.7. The average Bonchev–Trinajstić information content (AvgIpc) is 2.42. The summed E-state index contributed by atoms with van der Waals surface area (Å²) in [5, 5.41) is 29.0. The second-order valence-electron chi connectivity index (χ2n) is 5.60. The fourth-order valence-corrected chi connectivity index (χ4v) is 2.36. The van der Waals surface area contributed by atoms with E-state index in [0.717, 1.165) is 16.7 Å². The summed E-state index contributed by atoms with van der Waals surface area (Å²) in [6.07, 6.45) is 2.40. The first-order valence-electron chi connectivity index (χ1n) is 7.12. The van der Waals surface area contributed by atoms with Crippen LogP contribution < -0.4 is 0 Å². The van der Waals surface area contributed by atoms with Gasteiger partial charge in [-0.1, -0.05) is 49.8 Å². The lowest BCUT2D eigenvalue weighted by Gasteiger charge is -2.28. The summed E-state index contributed by atoms with van der Waals surface area (Å²) in [6.45, 7) is 7.52. The Hall–Kier alpha value is -1.16. The van der Waals surface area contributed by atoms with Gasteiger partial charge in [0.25, 0.3) is 0 Å². The number of hydrogen-bond acceptors (Lipinski definition) is 3. The maximum atomic E-state index is 10.4. The minimum Gasteiger partial charge on any atom is -0.393 e. The van der Waals surface area contributed by atoms with Crippen LogP contribution in [-0.4, -0.2) is 34.1 Å². The Bertz CT molecular complexity index is 452. The van der Waals surface area contributed by atoms with Crippen molar-refractivity contribution in [3.05, 3.63) is 41.0 Å². The van der Waals surface area contributed by atoms with Gasteiger partial charge < -0.3 is 15.3 Å². The molecule has 1 rings (SSSR count). The van der Waals surface area contributed by atoms with Crippen molar-refractivity contribution in [2.24, 2.45) is 5.92 Å². The van der Waals surface area contributed by atoms with Crippen molar-refractivity contribution in [3.8, 4) is 0 Å². The quantitative estimate of drug-likeness (QED) is 0.749. The van der Waals surface area contributed by atoms with Gasteiger partial charge in [0.15, 0.2) is 0 Å². The van der Waals surface area contributed by atoms with Crippen LogP contribution in [0, 0.1) is 12.8 Å². The van der Waals surface area contributed by atoms with Crippen LogP contribution in [0.5, 0.6) is 0 Å². The normalized spacial score (nSPS) is 17.9. The Morgan fingerprint density at radius 3 is 2.35 bits per heavy atom. The lowest BCUT2D eigenvalue weighted by atomic mass is 9.83. The standard InChI is InChI=1S/C17H26O3/c1-11-7-8-16(15(10-11)6-5-9-18)13(3)17(20)12(2)14(4)19/h5-8,10,12-14,17-20H,9H2,1-4H3/b6-5+/t12-,13-,14-,17+/m0/s1. The van der Waals surface area contributed by atoms with Gasteiger partial charge in [0.1, 0.15) is 0 Å². The second kappa shape index (κ2) is 7.58. The van der Waals surface area contributed by atoms with E-state index in [4.69, 9.17) is 5.11 Å². The Morgan fingerprint density at radius 1 is 1.15 bits per heavy atom. The van der Waals surface area contributed by atoms with E-state index in [1.807, 2.05) is 45.0 Å². The summed E-state index contributed by atoms with van der Waals surface area (Å²) < 4.78 is 0. The highest BCUT2D eigenvalue weighted by Crippen LogP contribution is 2.29. The molecule has 0 unspecified atom stereocenters. The average molecular weight is 278 g/mol. The maximum Gasteiger partial charge on any atom is 0.0656 e. The van der Waals surface area contributed by atoms with Crippen LogP contribution in [-0.2, 0) is 0 Å². The van der Waals surface area contributed by atoms with E-state index >= 15 is 0 Å². The van der Waals surface area contributed by atoms with Crippen LogP contribution in [0.15, 0.2) is 24.3 Å². The van der Waals surface area contributed by atoms with Crippen molar-refractivity contribution >= 4 is 6.08 Å². The van der Waals surface area contributed by atoms with Crippen molar-refractivity contribution in [2.75, 3.05) is 6.61 Å². The minimum absolute atomic E-state index is 0.00556. The molecule has 0 aromatic heterocycles. The van der Waals surface area contributed by atoms with Crippen molar-refractivity contribution in [2.45, 2.75) is 45.8 Å². The molecule has 0 saturated heterocycles. The van der Waals surface area contributed by atoms with E-state index in [2.05, 4.69) is 0 Å². The Labute approximate surface area is 121 Å².